The van der Waals surface area contributed by atoms with Gasteiger partial charge in [0, 0.05) is 6.04 Å². The molecule has 5 heteroatoms. The molecule has 0 saturated heterocycles. The fourth-order valence-electron chi connectivity index (χ4n) is 1.32. The Kier molecular flexibility index (Phi) is 2.74. The smallest absolute Gasteiger partial charge is 0.100 e. The lowest BCUT2D eigenvalue weighted by Gasteiger charge is -2.32. The van der Waals surface area contributed by atoms with E-state index in [1.165, 1.54) is 9.90 Å². The minimum Gasteiger partial charge on any atom is -0.354 e. The van der Waals surface area contributed by atoms with E-state index < -0.39 is 0 Å². The second-order valence-corrected chi connectivity index (χ2v) is 6.03. The van der Waals surface area contributed by atoms with Crippen LogP contribution in [0, 0.1) is 0 Å². The van der Waals surface area contributed by atoms with Crippen LogP contribution in [0.2, 0.25) is 4.34 Å². The molecule has 0 spiro atoms. The standard InChI is InChI=1S/C8H11ClN2S2/c1-5(2)11-4-10-13-8-6(11)3-7(9)12-8/h3,5,10H,4H2,1-2H3. The number of halogens is 1. The van der Waals surface area contributed by atoms with E-state index in [2.05, 4.69) is 29.5 Å². The van der Waals surface area contributed by atoms with Crippen molar-refractivity contribution in [1.82, 2.24) is 4.72 Å². The number of rotatable bonds is 1. The van der Waals surface area contributed by atoms with E-state index in [1.54, 1.807) is 23.3 Å². The number of hydrogen-bond donors (Lipinski definition) is 1. The topological polar surface area (TPSA) is 15.3 Å². The number of anilines is 1. The lowest BCUT2D eigenvalue weighted by Crippen LogP contribution is -2.39. The fraction of sp³-hybridized carbons (Fsp3) is 0.500. The first-order chi connectivity index (χ1) is 6.18. The van der Waals surface area contributed by atoms with Crippen molar-refractivity contribution in [3.63, 3.8) is 0 Å². The highest BCUT2D eigenvalue weighted by Crippen LogP contribution is 2.42. The van der Waals surface area contributed by atoms with Crippen LogP contribution in [0.25, 0.3) is 0 Å². The molecule has 0 radical (unpaired) electrons. The van der Waals surface area contributed by atoms with E-state index in [1.807, 2.05) is 0 Å². The first-order valence-electron chi connectivity index (χ1n) is 4.14. The van der Waals surface area contributed by atoms with E-state index in [9.17, 15) is 0 Å². The third-order valence-electron chi connectivity index (χ3n) is 1.98. The zero-order valence-corrected chi connectivity index (χ0v) is 9.89. The van der Waals surface area contributed by atoms with Gasteiger partial charge < -0.3 is 4.90 Å². The molecule has 0 unspecified atom stereocenters. The summed E-state index contributed by atoms with van der Waals surface area (Å²) in [6, 6.07) is 2.56. The van der Waals surface area contributed by atoms with Gasteiger partial charge in [-0.2, -0.15) is 0 Å². The molecule has 0 amide bonds. The van der Waals surface area contributed by atoms with Gasteiger partial charge in [0.2, 0.25) is 0 Å². The van der Waals surface area contributed by atoms with Crippen molar-refractivity contribution in [2.45, 2.75) is 24.1 Å². The maximum absolute atomic E-state index is 5.97. The van der Waals surface area contributed by atoms with E-state index in [0.29, 0.717) is 6.04 Å². The highest BCUT2D eigenvalue weighted by atomic mass is 35.5. The van der Waals surface area contributed by atoms with E-state index in [0.717, 1.165) is 11.0 Å². The lowest BCUT2D eigenvalue weighted by molar-refractivity contribution is 0.666. The molecule has 0 bridgehead atoms. The van der Waals surface area contributed by atoms with Crippen molar-refractivity contribution >= 4 is 40.6 Å². The molecule has 1 aromatic heterocycles. The Labute approximate surface area is 91.4 Å². The molecule has 1 N–H and O–H groups in total. The van der Waals surface area contributed by atoms with Gasteiger partial charge in [0.05, 0.1) is 16.7 Å². The Balaban J connectivity index is 2.36. The number of nitrogens with zero attached hydrogens (tertiary/aromatic N) is 1. The van der Waals surface area contributed by atoms with Gasteiger partial charge in [-0.15, -0.1) is 11.3 Å². The van der Waals surface area contributed by atoms with Crippen LogP contribution >= 0.6 is 34.9 Å². The lowest BCUT2D eigenvalue weighted by atomic mass is 10.3. The summed E-state index contributed by atoms with van der Waals surface area (Å²) in [6.07, 6.45) is 0. The van der Waals surface area contributed by atoms with Crippen LogP contribution in [0.15, 0.2) is 10.3 Å². The zero-order chi connectivity index (χ0) is 9.42. The molecule has 2 heterocycles. The number of thiophene rings is 1. The van der Waals surface area contributed by atoms with Crippen molar-refractivity contribution in [1.29, 1.82) is 0 Å². The van der Waals surface area contributed by atoms with Crippen LogP contribution in [-0.2, 0) is 0 Å². The van der Waals surface area contributed by atoms with Gasteiger partial charge in [-0.1, -0.05) is 11.6 Å². The van der Waals surface area contributed by atoms with Gasteiger partial charge in [0.1, 0.15) is 4.21 Å². The summed E-state index contributed by atoms with van der Waals surface area (Å²) >= 11 is 9.28. The largest absolute Gasteiger partial charge is 0.354 e. The first-order valence-corrected chi connectivity index (χ1v) is 6.15. The average Bonchev–Trinajstić information content (AvgIpc) is 2.43. The molecule has 0 saturated carbocycles. The Morgan fingerprint density at radius 3 is 3.08 bits per heavy atom. The minimum absolute atomic E-state index is 0.512. The van der Waals surface area contributed by atoms with Crippen LogP contribution < -0.4 is 9.62 Å². The van der Waals surface area contributed by atoms with Crippen LogP contribution in [0.1, 0.15) is 13.8 Å². The molecule has 0 fully saturated rings. The summed E-state index contributed by atoms with van der Waals surface area (Å²) in [5, 5.41) is 0. The molecule has 0 aromatic carbocycles. The predicted molar refractivity (Wildman–Crippen MR) is 60.8 cm³/mol. The Hall–Kier alpha value is 0.1000. The molecule has 13 heavy (non-hydrogen) atoms. The molecular formula is C8H11ClN2S2. The second kappa shape index (κ2) is 3.69. The summed E-state index contributed by atoms with van der Waals surface area (Å²) in [6.45, 7) is 5.27. The highest BCUT2D eigenvalue weighted by molar-refractivity contribution is 7.99. The molecule has 0 atom stereocenters. The van der Waals surface area contributed by atoms with Crippen molar-refractivity contribution < 1.29 is 0 Å². The molecule has 1 aromatic rings. The molecule has 2 rings (SSSR count). The van der Waals surface area contributed by atoms with Crippen molar-refractivity contribution in [2.24, 2.45) is 0 Å². The molecular weight excluding hydrogens is 224 g/mol. The van der Waals surface area contributed by atoms with E-state index in [-0.39, 0.29) is 0 Å². The summed E-state index contributed by atoms with van der Waals surface area (Å²) < 4.78 is 5.42. The zero-order valence-electron chi connectivity index (χ0n) is 7.50. The van der Waals surface area contributed by atoms with Crippen molar-refractivity contribution in [3.8, 4) is 0 Å². The monoisotopic (exact) mass is 234 g/mol. The maximum Gasteiger partial charge on any atom is 0.100 e. The quantitative estimate of drug-likeness (QED) is 0.752. The molecule has 72 valence electrons. The fourth-order valence-corrected chi connectivity index (χ4v) is 3.65. The Morgan fingerprint density at radius 1 is 1.62 bits per heavy atom. The van der Waals surface area contributed by atoms with Gasteiger partial charge in [-0.05, 0) is 31.9 Å². The highest BCUT2D eigenvalue weighted by Gasteiger charge is 2.21. The van der Waals surface area contributed by atoms with Crippen LogP contribution in [0.4, 0.5) is 5.69 Å². The summed E-state index contributed by atoms with van der Waals surface area (Å²) in [4.78, 5) is 2.31. The van der Waals surface area contributed by atoms with Gasteiger partial charge in [-0.25, -0.2) is 4.72 Å². The van der Waals surface area contributed by atoms with Gasteiger partial charge in [-0.3, -0.25) is 0 Å². The SMILES string of the molecule is CC(C)N1CNSc2sc(Cl)cc21. The minimum atomic E-state index is 0.512. The summed E-state index contributed by atoms with van der Waals surface area (Å²) in [5.41, 5.74) is 1.27. The van der Waals surface area contributed by atoms with E-state index >= 15 is 0 Å². The molecule has 0 aliphatic carbocycles. The van der Waals surface area contributed by atoms with E-state index in [4.69, 9.17) is 11.6 Å². The average molecular weight is 235 g/mol. The number of nitrogens with one attached hydrogen (secondary N) is 1. The van der Waals surface area contributed by atoms with Crippen LogP contribution in [0.3, 0.4) is 0 Å². The Bertz CT molecular complexity index is 311. The maximum atomic E-state index is 5.97. The second-order valence-electron chi connectivity index (χ2n) is 3.19. The third kappa shape index (κ3) is 1.81. The number of fused-ring (bicyclic) bond motifs is 1. The Morgan fingerprint density at radius 2 is 2.38 bits per heavy atom. The van der Waals surface area contributed by atoms with Gasteiger partial charge in [0.25, 0.3) is 0 Å². The summed E-state index contributed by atoms with van der Waals surface area (Å²) in [5.74, 6) is 0. The van der Waals surface area contributed by atoms with Crippen LogP contribution in [-0.4, -0.2) is 12.7 Å². The third-order valence-corrected chi connectivity index (χ3v) is 4.20. The normalized spacial score (nSPS) is 16.5. The van der Waals surface area contributed by atoms with Crippen LogP contribution in [0.5, 0.6) is 0 Å². The molecule has 1 aliphatic heterocycles. The molecule has 2 nitrogen and oxygen atoms in total. The first kappa shape index (κ1) is 9.65. The summed E-state index contributed by atoms with van der Waals surface area (Å²) in [7, 11) is 0. The van der Waals surface area contributed by atoms with Gasteiger partial charge >= 0.3 is 0 Å². The number of hydrogen-bond acceptors (Lipinski definition) is 4. The van der Waals surface area contributed by atoms with Crippen molar-refractivity contribution in [2.75, 3.05) is 11.6 Å². The predicted octanol–water partition coefficient (Wildman–Crippen LogP) is 3.18. The van der Waals surface area contributed by atoms with Crippen molar-refractivity contribution in [3.05, 3.63) is 10.4 Å². The molecule has 1 aliphatic rings. The van der Waals surface area contributed by atoms with Gasteiger partial charge in [0.15, 0.2) is 0 Å².